The average molecular weight is 215 g/mol. The Morgan fingerprint density at radius 1 is 1.33 bits per heavy atom. The SMILES string of the molecule is CCC(C)CN(CC)C(C)CCC(=O)O. The molecular weight excluding hydrogens is 190 g/mol. The lowest BCUT2D eigenvalue weighted by atomic mass is 10.1. The molecule has 1 N–H and O–H groups in total. The molecule has 2 atom stereocenters. The van der Waals surface area contributed by atoms with E-state index in [4.69, 9.17) is 5.11 Å². The van der Waals surface area contributed by atoms with Gasteiger partial charge >= 0.3 is 5.97 Å². The molecule has 90 valence electrons. The zero-order valence-electron chi connectivity index (χ0n) is 10.5. The van der Waals surface area contributed by atoms with Gasteiger partial charge in [-0.05, 0) is 25.8 Å². The maximum Gasteiger partial charge on any atom is 0.303 e. The van der Waals surface area contributed by atoms with Crippen molar-refractivity contribution in [2.45, 2.75) is 53.0 Å². The summed E-state index contributed by atoms with van der Waals surface area (Å²) in [6, 6.07) is 0.375. The van der Waals surface area contributed by atoms with E-state index in [2.05, 4.69) is 32.6 Å². The van der Waals surface area contributed by atoms with E-state index in [0.717, 1.165) is 19.5 Å². The first kappa shape index (κ1) is 14.4. The molecule has 0 bridgehead atoms. The van der Waals surface area contributed by atoms with Gasteiger partial charge in [0.15, 0.2) is 0 Å². The highest BCUT2D eigenvalue weighted by molar-refractivity contribution is 5.66. The lowest BCUT2D eigenvalue weighted by molar-refractivity contribution is -0.137. The monoisotopic (exact) mass is 215 g/mol. The maximum atomic E-state index is 10.5. The molecule has 0 aromatic carbocycles. The molecule has 0 saturated heterocycles. The first-order valence-electron chi connectivity index (χ1n) is 5.97. The summed E-state index contributed by atoms with van der Waals surface area (Å²) in [5, 5.41) is 8.63. The molecule has 3 heteroatoms. The molecule has 0 radical (unpaired) electrons. The summed E-state index contributed by atoms with van der Waals surface area (Å²) in [5.41, 5.74) is 0. The fraction of sp³-hybridized carbons (Fsp3) is 0.917. The van der Waals surface area contributed by atoms with Crippen LogP contribution in [-0.2, 0) is 4.79 Å². The van der Waals surface area contributed by atoms with Crippen molar-refractivity contribution in [1.82, 2.24) is 4.90 Å². The molecule has 2 unspecified atom stereocenters. The summed E-state index contributed by atoms with van der Waals surface area (Å²) in [5.74, 6) is -0.00123. The number of aliphatic carboxylic acids is 1. The Labute approximate surface area is 93.5 Å². The summed E-state index contributed by atoms with van der Waals surface area (Å²) in [6.07, 6.45) is 2.21. The van der Waals surface area contributed by atoms with E-state index >= 15 is 0 Å². The van der Waals surface area contributed by atoms with Crippen molar-refractivity contribution in [2.24, 2.45) is 5.92 Å². The number of carboxylic acid groups (broad SMARTS) is 1. The van der Waals surface area contributed by atoms with Gasteiger partial charge in [0.1, 0.15) is 0 Å². The fourth-order valence-corrected chi connectivity index (χ4v) is 1.67. The van der Waals surface area contributed by atoms with Crippen LogP contribution in [0.4, 0.5) is 0 Å². The Morgan fingerprint density at radius 3 is 2.33 bits per heavy atom. The number of nitrogens with zero attached hydrogens (tertiary/aromatic N) is 1. The molecule has 0 aliphatic rings. The van der Waals surface area contributed by atoms with E-state index < -0.39 is 5.97 Å². The Morgan fingerprint density at radius 2 is 1.93 bits per heavy atom. The van der Waals surface area contributed by atoms with Crippen LogP contribution < -0.4 is 0 Å². The molecule has 0 saturated carbocycles. The Hall–Kier alpha value is -0.570. The predicted molar refractivity (Wildman–Crippen MR) is 63.0 cm³/mol. The number of hydrogen-bond donors (Lipinski definition) is 1. The van der Waals surface area contributed by atoms with Gasteiger partial charge in [-0.1, -0.05) is 27.2 Å². The van der Waals surface area contributed by atoms with Gasteiger partial charge in [-0.25, -0.2) is 0 Å². The predicted octanol–water partition coefficient (Wildman–Crippen LogP) is 2.61. The molecule has 0 spiro atoms. The molecule has 0 rings (SSSR count). The maximum absolute atomic E-state index is 10.5. The van der Waals surface area contributed by atoms with Crippen LogP contribution in [-0.4, -0.2) is 35.1 Å². The van der Waals surface area contributed by atoms with Gasteiger partial charge in [-0.15, -0.1) is 0 Å². The van der Waals surface area contributed by atoms with Crippen molar-refractivity contribution in [3.05, 3.63) is 0 Å². The highest BCUT2D eigenvalue weighted by Gasteiger charge is 2.15. The van der Waals surface area contributed by atoms with Gasteiger partial charge < -0.3 is 10.0 Å². The molecular formula is C12H25NO2. The largest absolute Gasteiger partial charge is 0.481 e. The van der Waals surface area contributed by atoms with Crippen LogP contribution in [0.5, 0.6) is 0 Å². The van der Waals surface area contributed by atoms with Gasteiger partial charge in [0.05, 0.1) is 0 Å². The van der Waals surface area contributed by atoms with Crippen LogP contribution in [0.1, 0.15) is 47.0 Å². The highest BCUT2D eigenvalue weighted by atomic mass is 16.4. The molecule has 3 nitrogen and oxygen atoms in total. The molecule has 0 amide bonds. The minimum atomic E-state index is -0.693. The van der Waals surface area contributed by atoms with Crippen molar-refractivity contribution in [2.75, 3.05) is 13.1 Å². The van der Waals surface area contributed by atoms with Gasteiger partial charge in [-0.2, -0.15) is 0 Å². The van der Waals surface area contributed by atoms with Crippen LogP contribution in [0.3, 0.4) is 0 Å². The number of hydrogen-bond acceptors (Lipinski definition) is 2. The molecule has 15 heavy (non-hydrogen) atoms. The zero-order valence-corrected chi connectivity index (χ0v) is 10.5. The van der Waals surface area contributed by atoms with Crippen molar-refractivity contribution < 1.29 is 9.90 Å². The van der Waals surface area contributed by atoms with Gasteiger partial charge in [-0.3, -0.25) is 4.79 Å². The third-order valence-electron chi connectivity index (χ3n) is 3.05. The van der Waals surface area contributed by atoms with E-state index in [1.165, 1.54) is 6.42 Å². The second-order valence-corrected chi connectivity index (χ2v) is 4.38. The lowest BCUT2D eigenvalue weighted by Gasteiger charge is -2.29. The van der Waals surface area contributed by atoms with Crippen molar-refractivity contribution in [3.63, 3.8) is 0 Å². The smallest absolute Gasteiger partial charge is 0.303 e. The molecule has 0 fully saturated rings. The summed E-state index contributed by atoms with van der Waals surface area (Å²) < 4.78 is 0. The standard InChI is InChI=1S/C12H25NO2/c1-5-10(3)9-13(6-2)11(4)7-8-12(14)15/h10-11H,5-9H2,1-4H3,(H,14,15). The topological polar surface area (TPSA) is 40.5 Å². The van der Waals surface area contributed by atoms with Crippen LogP contribution in [0.25, 0.3) is 0 Å². The Kier molecular flexibility index (Phi) is 7.39. The van der Waals surface area contributed by atoms with Crippen LogP contribution >= 0.6 is 0 Å². The fourth-order valence-electron chi connectivity index (χ4n) is 1.67. The minimum absolute atomic E-state index is 0.276. The normalized spacial score (nSPS) is 15.3. The summed E-state index contributed by atoms with van der Waals surface area (Å²) >= 11 is 0. The number of rotatable bonds is 8. The van der Waals surface area contributed by atoms with Gasteiger partial charge in [0.25, 0.3) is 0 Å². The number of carboxylic acids is 1. The molecule has 0 aliphatic carbocycles. The second kappa shape index (κ2) is 7.69. The highest BCUT2D eigenvalue weighted by Crippen LogP contribution is 2.11. The first-order valence-corrected chi connectivity index (χ1v) is 5.97. The van der Waals surface area contributed by atoms with E-state index in [1.54, 1.807) is 0 Å². The second-order valence-electron chi connectivity index (χ2n) is 4.38. The molecule has 0 aromatic heterocycles. The first-order chi connectivity index (χ1) is 7.01. The third kappa shape index (κ3) is 6.50. The van der Waals surface area contributed by atoms with Crippen molar-refractivity contribution in [1.29, 1.82) is 0 Å². The van der Waals surface area contributed by atoms with Crippen LogP contribution in [0.2, 0.25) is 0 Å². The molecule has 0 aliphatic heterocycles. The van der Waals surface area contributed by atoms with Crippen LogP contribution in [0.15, 0.2) is 0 Å². The van der Waals surface area contributed by atoms with E-state index in [9.17, 15) is 4.79 Å². The van der Waals surface area contributed by atoms with Crippen molar-refractivity contribution >= 4 is 5.97 Å². The summed E-state index contributed by atoms with van der Waals surface area (Å²) in [6.45, 7) is 10.8. The number of carbonyl (C=O) groups is 1. The van der Waals surface area contributed by atoms with E-state index in [-0.39, 0.29) is 6.42 Å². The Balaban J connectivity index is 3.97. The third-order valence-corrected chi connectivity index (χ3v) is 3.05. The van der Waals surface area contributed by atoms with Gasteiger partial charge in [0, 0.05) is 19.0 Å². The quantitative estimate of drug-likeness (QED) is 0.676. The van der Waals surface area contributed by atoms with Gasteiger partial charge in [0.2, 0.25) is 0 Å². The summed E-state index contributed by atoms with van der Waals surface area (Å²) in [7, 11) is 0. The van der Waals surface area contributed by atoms with E-state index in [0.29, 0.717) is 12.0 Å². The summed E-state index contributed by atoms with van der Waals surface area (Å²) in [4.78, 5) is 12.8. The lowest BCUT2D eigenvalue weighted by Crippen LogP contribution is -2.36. The molecule has 0 heterocycles. The van der Waals surface area contributed by atoms with Crippen LogP contribution in [0, 0.1) is 5.92 Å². The van der Waals surface area contributed by atoms with Crippen molar-refractivity contribution in [3.8, 4) is 0 Å². The Bertz CT molecular complexity index is 182. The molecule has 0 aromatic rings. The minimum Gasteiger partial charge on any atom is -0.481 e. The van der Waals surface area contributed by atoms with E-state index in [1.807, 2.05) is 0 Å². The zero-order chi connectivity index (χ0) is 11.8. The average Bonchev–Trinajstić information content (AvgIpc) is 2.21.